The molecule has 1 atom stereocenters. The number of nitrogens with zero attached hydrogens (tertiary/aromatic N) is 1. The number of benzene rings is 2. The molecule has 3 aromatic rings. The maximum absolute atomic E-state index is 5.79. The van der Waals surface area contributed by atoms with E-state index in [-0.39, 0.29) is 6.04 Å². The van der Waals surface area contributed by atoms with Crippen molar-refractivity contribution >= 4 is 10.8 Å². The summed E-state index contributed by atoms with van der Waals surface area (Å²) >= 11 is 0. The van der Waals surface area contributed by atoms with Crippen LogP contribution in [-0.2, 0) is 0 Å². The highest BCUT2D eigenvalue weighted by molar-refractivity contribution is 5.85. The Bertz CT molecular complexity index is 710. The van der Waals surface area contributed by atoms with E-state index in [4.69, 9.17) is 10.6 Å². The van der Waals surface area contributed by atoms with Gasteiger partial charge in [-0.25, -0.2) is 5.43 Å². The third-order valence-electron chi connectivity index (χ3n) is 3.44. The van der Waals surface area contributed by atoms with E-state index < -0.39 is 0 Å². The molecule has 0 spiro atoms. The summed E-state index contributed by atoms with van der Waals surface area (Å²) in [6.07, 6.45) is 3.69. The van der Waals surface area contributed by atoms with Crippen molar-refractivity contribution in [1.82, 2.24) is 10.4 Å². The fraction of sp³-hybridized carbons (Fsp3) is 0.118. The highest BCUT2D eigenvalue weighted by Gasteiger charge is 2.14. The molecule has 0 amide bonds. The summed E-state index contributed by atoms with van der Waals surface area (Å²) in [5, 5.41) is 2.22. The zero-order chi connectivity index (χ0) is 14.5. The van der Waals surface area contributed by atoms with Crippen LogP contribution in [0.2, 0.25) is 0 Å². The van der Waals surface area contributed by atoms with E-state index in [1.807, 2.05) is 60.9 Å². The van der Waals surface area contributed by atoms with E-state index in [1.54, 1.807) is 0 Å². The van der Waals surface area contributed by atoms with Crippen molar-refractivity contribution in [2.45, 2.75) is 6.04 Å². The third-order valence-corrected chi connectivity index (χ3v) is 3.44. The number of para-hydroxylation sites is 1. The summed E-state index contributed by atoms with van der Waals surface area (Å²) in [7, 11) is 0. The summed E-state index contributed by atoms with van der Waals surface area (Å²) in [6, 6.07) is 17.7. The van der Waals surface area contributed by atoms with Crippen molar-refractivity contribution in [2.75, 3.05) is 6.61 Å². The number of pyridine rings is 1. The number of nitrogens with two attached hydrogens (primary N) is 1. The fourth-order valence-corrected chi connectivity index (χ4v) is 2.34. The van der Waals surface area contributed by atoms with Gasteiger partial charge in [-0.15, -0.1) is 0 Å². The molecular formula is C17H17N3O. The van der Waals surface area contributed by atoms with E-state index in [2.05, 4.69) is 16.5 Å². The van der Waals surface area contributed by atoms with Crippen LogP contribution in [0.3, 0.4) is 0 Å². The van der Waals surface area contributed by atoms with E-state index >= 15 is 0 Å². The Morgan fingerprint density at radius 3 is 2.57 bits per heavy atom. The lowest BCUT2D eigenvalue weighted by Crippen LogP contribution is -2.32. The van der Waals surface area contributed by atoms with E-state index in [1.165, 1.54) is 0 Å². The van der Waals surface area contributed by atoms with Gasteiger partial charge in [-0.1, -0.05) is 42.5 Å². The molecule has 0 aliphatic carbocycles. The number of fused-ring (bicyclic) bond motifs is 1. The summed E-state index contributed by atoms with van der Waals surface area (Å²) in [6.45, 7) is 0.441. The molecule has 0 saturated heterocycles. The van der Waals surface area contributed by atoms with Crippen LogP contribution >= 0.6 is 0 Å². The minimum atomic E-state index is -0.121. The first-order valence-electron chi connectivity index (χ1n) is 6.85. The molecule has 2 aromatic carbocycles. The Hall–Kier alpha value is -2.43. The van der Waals surface area contributed by atoms with Crippen LogP contribution in [0.1, 0.15) is 11.6 Å². The summed E-state index contributed by atoms with van der Waals surface area (Å²) in [5.74, 6) is 6.53. The number of rotatable bonds is 5. The van der Waals surface area contributed by atoms with Crippen molar-refractivity contribution in [3.8, 4) is 5.75 Å². The number of hydrogen-bond acceptors (Lipinski definition) is 4. The quantitative estimate of drug-likeness (QED) is 0.557. The van der Waals surface area contributed by atoms with E-state index in [0.717, 1.165) is 22.1 Å². The Kier molecular flexibility index (Phi) is 4.09. The summed E-state index contributed by atoms with van der Waals surface area (Å²) in [4.78, 5) is 4.29. The van der Waals surface area contributed by atoms with Gasteiger partial charge in [-0.2, -0.15) is 0 Å². The zero-order valence-electron chi connectivity index (χ0n) is 11.6. The van der Waals surface area contributed by atoms with E-state index in [9.17, 15) is 0 Å². The maximum atomic E-state index is 5.79. The standard InChI is InChI=1S/C17H17N3O/c18-20-17(12-21-14-7-2-1-3-8-14)16-11-19-10-13-6-4-5-9-15(13)16/h1-11,17,20H,12,18H2. The number of aromatic nitrogens is 1. The van der Waals surface area contributed by atoms with Crippen molar-refractivity contribution in [1.29, 1.82) is 0 Å². The lowest BCUT2D eigenvalue weighted by Gasteiger charge is -2.18. The number of hydrazine groups is 1. The van der Waals surface area contributed by atoms with Crippen LogP contribution in [0.25, 0.3) is 10.8 Å². The molecule has 4 heteroatoms. The predicted octanol–water partition coefficient (Wildman–Crippen LogP) is 2.82. The Labute approximate surface area is 123 Å². The molecule has 0 aliphatic heterocycles. The van der Waals surface area contributed by atoms with Gasteiger partial charge in [0.2, 0.25) is 0 Å². The van der Waals surface area contributed by atoms with Crippen molar-refractivity contribution < 1.29 is 4.74 Å². The molecule has 0 fully saturated rings. The molecule has 1 unspecified atom stereocenters. The molecule has 0 bridgehead atoms. The average molecular weight is 279 g/mol. The highest BCUT2D eigenvalue weighted by atomic mass is 16.5. The SMILES string of the molecule is NNC(COc1ccccc1)c1cncc2ccccc12. The Morgan fingerprint density at radius 1 is 1.00 bits per heavy atom. The largest absolute Gasteiger partial charge is 0.492 e. The van der Waals surface area contributed by atoms with Gasteiger partial charge in [0.05, 0.1) is 6.04 Å². The van der Waals surface area contributed by atoms with Gasteiger partial charge in [-0.05, 0) is 23.1 Å². The molecule has 0 aliphatic rings. The van der Waals surface area contributed by atoms with Gasteiger partial charge in [0.15, 0.2) is 0 Å². The first-order valence-corrected chi connectivity index (χ1v) is 6.85. The molecule has 0 radical (unpaired) electrons. The Morgan fingerprint density at radius 2 is 1.76 bits per heavy atom. The van der Waals surface area contributed by atoms with Crippen LogP contribution in [0, 0.1) is 0 Å². The monoisotopic (exact) mass is 279 g/mol. The minimum absolute atomic E-state index is 0.121. The minimum Gasteiger partial charge on any atom is -0.492 e. The van der Waals surface area contributed by atoms with Gasteiger partial charge < -0.3 is 4.74 Å². The summed E-state index contributed by atoms with van der Waals surface area (Å²) in [5.41, 5.74) is 3.85. The van der Waals surface area contributed by atoms with Gasteiger partial charge in [0.1, 0.15) is 12.4 Å². The lowest BCUT2D eigenvalue weighted by molar-refractivity contribution is 0.268. The summed E-state index contributed by atoms with van der Waals surface area (Å²) < 4.78 is 5.79. The molecule has 3 N–H and O–H groups in total. The highest BCUT2D eigenvalue weighted by Crippen LogP contribution is 2.23. The predicted molar refractivity (Wildman–Crippen MR) is 83.7 cm³/mol. The fourth-order valence-electron chi connectivity index (χ4n) is 2.34. The van der Waals surface area contributed by atoms with Crippen LogP contribution in [-0.4, -0.2) is 11.6 Å². The van der Waals surface area contributed by atoms with Crippen molar-refractivity contribution in [3.63, 3.8) is 0 Å². The molecule has 3 rings (SSSR count). The smallest absolute Gasteiger partial charge is 0.119 e. The van der Waals surface area contributed by atoms with Crippen LogP contribution in [0.4, 0.5) is 0 Å². The van der Waals surface area contributed by atoms with Crippen LogP contribution < -0.4 is 16.0 Å². The second kappa shape index (κ2) is 6.35. The average Bonchev–Trinajstić information content (AvgIpc) is 2.56. The van der Waals surface area contributed by atoms with Gasteiger partial charge >= 0.3 is 0 Å². The number of nitrogens with one attached hydrogen (secondary N) is 1. The molecule has 1 aromatic heterocycles. The normalized spacial score (nSPS) is 12.2. The van der Waals surface area contributed by atoms with Crippen molar-refractivity contribution in [3.05, 3.63) is 72.6 Å². The van der Waals surface area contributed by atoms with Crippen LogP contribution in [0.5, 0.6) is 5.75 Å². The number of hydrogen-bond donors (Lipinski definition) is 2. The molecular weight excluding hydrogens is 262 g/mol. The van der Waals surface area contributed by atoms with Gasteiger partial charge in [0, 0.05) is 17.8 Å². The van der Waals surface area contributed by atoms with Gasteiger partial charge in [0.25, 0.3) is 0 Å². The second-order valence-electron chi connectivity index (χ2n) is 4.79. The zero-order valence-corrected chi connectivity index (χ0v) is 11.6. The molecule has 4 nitrogen and oxygen atoms in total. The molecule has 106 valence electrons. The maximum Gasteiger partial charge on any atom is 0.119 e. The van der Waals surface area contributed by atoms with Crippen molar-refractivity contribution in [2.24, 2.45) is 5.84 Å². The topological polar surface area (TPSA) is 60.2 Å². The van der Waals surface area contributed by atoms with Gasteiger partial charge in [-0.3, -0.25) is 10.8 Å². The molecule has 0 saturated carbocycles. The first kappa shape index (κ1) is 13.5. The van der Waals surface area contributed by atoms with E-state index in [0.29, 0.717) is 6.61 Å². The number of ether oxygens (including phenoxy) is 1. The second-order valence-corrected chi connectivity index (χ2v) is 4.79. The lowest BCUT2D eigenvalue weighted by atomic mass is 10.0. The Balaban J connectivity index is 1.85. The first-order chi connectivity index (χ1) is 10.4. The molecule has 1 heterocycles. The third kappa shape index (κ3) is 3.02. The van der Waals surface area contributed by atoms with Crippen LogP contribution in [0.15, 0.2) is 67.0 Å². The molecule has 21 heavy (non-hydrogen) atoms.